The van der Waals surface area contributed by atoms with Crippen LogP contribution < -0.4 is 9.80 Å². The summed E-state index contributed by atoms with van der Waals surface area (Å²) in [6.07, 6.45) is 0. The lowest BCUT2D eigenvalue weighted by Crippen LogP contribution is -2.24. The maximum atomic E-state index is 6.71. The normalized spacial score (nSPS) is 14.1. The van der Waals surface area contributed by atoms with E-state index in [2.05, 4.69) is 259 Å². The van der Waals surface area contributed by atoms with Crippen molar-refractivity contribution in [1.29, 1.82) is 0 Å². The average molecular weight is 1010 g/mol. The van der Waals surface area contributed by atoms with Crippen LogP contribution in [0, 0.1) is 0 Å². The van der Waals surface area contributed by atoms with Gasteiger partial charge in [-0.05, 0) is 186 Å². The SMILES string of the molecule is CC(C)c1ccc(N(c2ccc3cc4c(cc3c2)C(C)(C)c2c-4ccc3c2C(C)(C)c2cc4cc(N(c5ccc(C(C)C)cc5)c5cccc6c5oc5ccccc56)ccc4cc2-3)c2cccc3c2oc2ccccc23)cc1. The summed E-state index contributed by atoms with van der Waals surface area (Å²) in [5.74, 6) is 0.866. The molecule has 78 heavy (non-hydrogen) atoms. The highest BCUT2D eigenvalue weighted by molar-refractivity contribution is 6.12. The van der Waals surface area contributed by atoms with Crippen LogP contribution in [0.4, 0.5) is 34.1 Å². The fraction of sp³-hybridized carbons (Fsp3) is 0.162. The summed E-state index contributed by atoms with van der Waals surface area (Å²) in [6.45, 7) is 18.8. The van der Waals surface area contributed by atoms with Crippen LogP contribution in [0.2, 0.25) is 0 Å². The molecule has 0 unspecified atom stereocenters. The number of nitrogens with zero attached hydrogens (tertiary/aromatic N) is 2. The Labute approximate surface area is 455 Å². The van der Waals surface area contributed by atoms with Crippen LogP contribution in [0.3, 0.4) is 0 Å². The third-order valence-electron chi connectivity index (χ3n) is 17.7. The van der Waals surface area contributed by atoms with E-state index in [1.54, 1.807) is 0 Å². The number of hydrogen-bond acceptors (Lipinski definition) is 4. The van der Waals surface area contributed by atoms with Gasteiger partial charge in [0.05, 0.1) is 11.4 Å². The molecular weight excluding hydrogens is 949 g/mol. The topological polar surface area (TPSA) is 32.8 Å². The third kappa shape index (κ3) is 6.78. The largest absolute Gasteiger partial charge is 0.454 e. The molecule has 4 nitrogen and oxygen atoms in total. The summed E-state index contributed by atoms with van der Waals surface area (Å²) in [5.41, 5.74) is 23.0. The van der Waals surface area contributed by atoms with Crippen molar-refractivity contribution in [2.45, 2.75) is 78.1 Å². The Kier molecular flexibility index (Phi) is 10.0. The highest BCUT2D eigenvalue weighted by Gasteiger charge is 2.46. The quantitative estimate of drug-likeness (QED) is 0.152. The first kappa shape index (κ1) is 46.4. The van der Waals surface area contributed by atoms with Gasteiger partial charge in [0, 0.05) is 55.1 Å². The number of furan rings is 2. The first-order chi connectivity index (χ1) is 37.8. The predicted molar refractivity (Wildman–Crippen MR) is 329 cm³/mol. The zero-order valence-corrected chi connectivity index (χ0v) is 45.5. The molecule has 0 radical (unpaired) electrons. The van der Waals surface area contributed by atoms with E-state index < -0.39 is 0 Å². The van der Waals surface area contributed by atoms with Gasteiger partial charge >= 0.3 is 0 Å². The molecule has 0 aliphatic heterocycles. The van der Waals surface area contributed by atoms with E-state index in [4.69, 9.17) is 8.83 Å². The van der Waals surface area contributed by atoms with Crippen molar-refractivity contribution in [3.8, 4) is 22.3 Å². The molecule has 2 aliphatic rings. The summed E-state index contributed by atoms with van der Waals surface area (Å²) >= 11 is 0. The highest BCUT2D eigenvalue weighted by Crippen LogP contribution is 2.60. The molecule has 2 aromatic heterocycles. The fourth-order valence-electron chi connectivity index (χ4n) is 13.6. The van der Waals surface area contributed by atoms with E-state index >= 15 is 0 Å². The van der Waals surface area contributed by atoms with Crippen molar-refractivity contribution >= 4 is 99.5 Å². The van der Waals surface area contributed by atoms with Gasteiger partial charge in [-0.3, -0.25) is 0 Å². The summed E-state index contributed by atoms with van der Waals surface area (Å²) < 4.78 is 13.4. The Balaban J connectivity index is 0.835. The molecule has 11 aromatic carbocycles. The number of rotatable bonds is 8. The van der Waals surface area contributed by atoms with Gasteiger partial charge in [-0.2, -0.15) is 0 Å². The second-order valence-electron chi connectivity index (χ2n) is 23.7. The van der Waals surface area contributed by atoms with Crippen molar-refractivity contribution in [3.63, 3.8) is 0 Å². The van der Waals surface area contributed by atoms with E-state index in [9.17, 15) is 0 Å². The Morgan fingerprint density at radius 2 is 0.718 bits per heavy atom. The Bertz CT molecular complexity index is 4330. The molecule has 0 spiro atoms. The molecular formula is C74H60N2O2. The lowest BCUT2D eigenvalue weighted by Gasteiger charge is -2.31. The molecule has 0 bridgehead atoms. The molecule has 0 atom stereocenters. The van der Waals surface area contributed by atoms with Crippen LogP contribution in [-0.2, 0) is 10.8 Å². The van der Waals surface area contributed by atoms with Gasteiger partial charge in [0.1, 0.15) is 11.2 Å². The predicted octanol–water partition coefficient (Wildman–Crippen LogP) is 21.6. The Hall–Kier alpha value is -8.86. The van der Waals surface area contributed by atoms with Crippen LogP contribution >= 0.6 is 0 Å². The van der Waals surface area contributed by atoms with Gasteiger partial charge in [0.2, 0.25) is 0 Å². The van der Waals surface area contributed by atoms with Crippen LogP contribution in [0.1, 0.15) is 101 Å². The number of para-hydroxylation sites is 4. The number of anilines is 6. The van der Waals surface area contributed by atoms with E-state index in [-0.39, 0.29) is 10.8 Å². The first-order valence-corrected chi connectivity index (χ1v) is 27.8. The van der Waals surface area contributed by atoms with Crippen LogP contribution in [0.5, 0.6) is 0 Å². The molecule has 378 valence electrons. The number of fused-ring (bicyclic) bond motifs is 15. The molecule has 2 heterocycles. The minimum Gasteiger partial charge on any atom is -0.454 e. The summed E-state index contributed by atoms with van der Waals surface area (Å²) in [7, 11) is 0. The summed E-state index contributed by atoms with van der Waals surface area (Å²) in [5, 5.41) is 9.37. The molecule has 15 rings (SSSR count). The Morgan fingerprint density at radius 3 is 1.13 bits per heavy atom. The summed E-state index contributed by atoms with van der Waals surface area (Å²) in [6, 6.07) is 76.6. The van der Waals surface area contributed by atoms with Crippen LogP contribution in [0.15, 0.2) is 215 Å². The maximum Gasteiger partial charge on any atom is 0.159 e. The average Bonchev–Trinajstić information content (AvgIpc) is 3.89. The van der Waals surface area contributed by atoms with Gasteiger partial charge in [-0.15, -0.1) is 0 Å². The molecule has 2 aliphatic carbocycles. The molecule has 0 N–H and O–H groups in total. The molecule has 0 fully saturated rings. The maximum absolute atomic E-state index is 6.71. The molecule has 4 heteroatoms. The second kappa shape index (κ2) is 16.8. The second-order valence-corrected chi connectivity index (χ2v) is 23.7. The smallest absolute Gasteiger partial charge is 0.159 e. The Morgan fingerprint density at radius 1 is 0.333 bits per heavy atom. The minimum absolute atomic E-state index is 0.262. The van der Waals surface area contributed by atoms with Crippen molar-refractivity contribution < 1.29 is 8.83 Å². The van der Waals surface area contributed by atoms with E-state index in [0.717, 1.165) is 78.0 Å². The third-order valence-corrected chi connectivity index (χ3v) is 17.7. The monoisotopic (exact) mass is 1010 g/mol. The first-order valence-electron chi connectivity index (χ1n) is 27.8. The van der Waals surface area contributed by atoms with Crippen molar-refractivity contribution in [2.75, 3.05) is 9.80 Å². The number of hydrogen-bond donors (Lipinski definition) is 0. The van der Waals surface area contributed by atoms with Crippen molar-refractivity contribution in [3.05, 3.63) is 240 Å². The van der Waals surface area contributed by atoms with Crippen LogP contribution in [-0.4, -0.2) is 0 Å². The van der Waals surface area contributed by atoms with Crippen molar-refractivity contribution in [2.24, 2.45) is 0 Å². The van der Waals surface area contributed by atoms with Gasteiger partial charge in [0.25, 0.3) is 0 Å². The molecule has 0 saturated carbocycles. The van der Waals surface area contributed by atoms with Crippen LogP contribution in [0.25, 0.3) is 87.7 Å². The lowest BCUT2D eigenvalue weighted by atomic mass is 9.72. The van der Waals surface area contributed by atoms with Gasteiger partial charge in [-0.1, -0.05) is 165 Å². The van der Waals surface area contributed by atoms with Gasteiger partial charge in [0.15, 0.2) is 11.2 Å². The summed E-state index contributed by atoms with van der Waals surface area (Å²) in [4.78, 5) is 4.76. The molecule has 0 saturated heterocycles. The standard InChI is InChI=1S/C74H60N2O2/c1-43(2)45-23-29-51(30-24-45)75(65-19-13-17-59-55-15-9-11-21-67(55)77-71(59)65)53-33-27-47-39-61-57-35-36-58-62-40-48-28-34-54(38-50(48)42-64(62)74(7,8)70(58)69(57)73(5,6)63(61)41-49(47)37-53)76(52-31-25-46(26-32-52)44(3)4)66-20-14-18-60-56-16-10-12-22-68(56)78-72(60)66/h9-44H,1-8H3. The highest BCUT2D eigenvalue weighted by atomic mass is 16.3. The van der Waals surface area contributed by atoms with Gasteiger partial charge in [-0.25, -0.2) is 0 Å². The zero-order chi connectivity index (χ0) is 52.9. The van der Waals surface area contributed by atoms with Gasteiger partial charge < -0.3 is 18.6 Å². The molecule has 13 aromatic rings. The fourth-order valence-corrected chi connectivity index (χ4v) is 13.6. The van der Waals surface area contributed by atoms with Crippen molar-refractivity contribution in [1.82, 2.24) is 0 Å². The van der Waals surface area contributed by atoms with E-state index in [1.807, 2.05) is 12.1 Å². The number of benzene rings is 11. The van der Waals surface area contributed by atoms with E-state index in [1.165, 1.54) is 77.2 Å². The zero-order valence-electron chi connectivity index (χ0n) is 45.5. The molecule has 0 amide bonds. The van der Waals surface area contributed by atoms with E-state index in [0.29, 0.717) is 11.8 Å². The minimum atomic E-state index is -0.262. The lowest BCUT2D eigenvalue weighted by molar-refractivity contribution is 0.602.